The van der Waals surface area contributed by atoms with Crippen molar-refractivity contribution in [3.8, 4) is 0 Å². The van der Waals surface area contributed by atoms with E-state index in [-0.39, 0.29) is 0 Å². The van der Waals surface area contributed by atoms with Crippen LogP contribution in [0.3, 0.4) is 0 Å². The molecule has 0 amide bonds. The second-order valence-corrected chi connectivity index (χ2v) is 3.02. The Labute approximate surface area is 60.6 Å². The molecule has 1 aliphatic carbocycles. The Morgan fingerprint density at radius 3 is 2.30 bits per heavy atom. The van der Waals surface area contributed by atoms with E-state index in [2.05, 4.69) is 29.1 Å². The van der Waals surface area contributed by atoms with Gasteiger partial charge in [0.2, 0.25) is 0 Å². The summed E-state index contributed by atoms with van der Waals surface area (Å²) >= 11 is 0. The molecule has 54 valence electrons. The van der Waals surface area contributed by atoms with Crippen LogP contribution in [0.2, 0.25) is 0 Å². The van der Waals surface area contributed by atoms with Crippen LogP contribution >= 0.6 is 0 Å². The summed E-state index contributed by atoms with van der Waals surface area (Å²) in [4.78, 5) is 0. The Hall–Kier alpha value is -0.760. The molecular weight excluding hydrogens is 124 g/mol. The maximum absolute atomic E-state index is 5.64. The smallest absolute Gasteiger partial charge is 0.0563 e. The quantitative estimate of drug-likeness (QED) is 0.644. The fourth-order valence-electron chi connectivity index (χ4n) is 1.36. The van der Waals surface area contributed by atoms with E-state index in [0.29, 0.717) is 5.54 Å². The van der Waals surface area contributed by atoms with Crippen LogP contribution in [-0.4, -0.2) is 11.1 Å². The van der Waals surface area contributed by atoms with E-state index >= 15 is 0 Å². The lowest BCUT2D eigenvalue weighted by Gasteiger charge is -2.13. The summed E-state index contributed by atoms with van der Waals surface area (Å²) in [5.41, 5.74) is 5.95. The zero-order valence-electron chi connectivity index (χ0n) is 5.96. The van der Waals surface area contributed by atoms with Crippen LogP contribution in [0.1, 0.15) is 12.8 Å². The number of nitrogens with two attached hydrogens (primary N) is 1. The van der Waals surface area contributed by atoms with Crippen molar-refractivity contribution in [1.82, 2.24) is 4.57 Å². The van der Waals surface area contributed by atoms with Gasteiger partial charge in [0.15, 0.2) is 0 Å². The van der Waals surface area contributed by atoms with Crippen LogP contribution in [0.4, 0.5) is 0 Å². The van der Waals surface area contributed by atoms with E-state index in [1.54, 1.807) is 0 Å². The van der Waals surface area contributed by atoms with Gasteiger partial charge in [0.1, 0.15) is 0 Å². The molecular formula is C8H12N2. The second-order valence-electron chi connectivity index (χ2n) is 3.02. The third-order valence-electron chi connectivity index (χ3n) is 2.36. The van der Waals surface area contributed by atoms with E-state index < -0.39 is 0 Å². The fourth-order valence-corrected chi connectivity index (χ4v) is 1.36. The molecule has 2 heteroatoms. The third kappa shape index (κ3) is 0.688. The standard InChI is InChI=1S/C8H12N2/c9-7-8(3-4-8)10-5-1-2-6-10/h1-2,5-6H,3-4,7,9H2. The molecule has 0 unspecified atom stereocenters. The first-order chi connectivity index (χ1) is 4.87. The van der Waals surface area contributed by atoms with Crippen LogP contribution in [-0.2, 0) is 5.54 Å². The highest BCUT2D eigenvalue weighted by Gasteiger charge is 2.42. The van der Waals surface area contributed by atoms with Gasteiger partial charge in [0.05, 0.1) is 5.54 Å². The van der Waals surface area contributed by atoms with Crippen molar-refractivity contribution in [2.75, 3.05) is 6.54 Å². The molecule has 0 radical (unpaired) electrons. The highest BCUT2D eigenvalue weighted by Crippen LogP contribution is 2.42. The molecule has 1 heterocycles. The van der Waals surface area contributed by atoms with Crippen molar-refractivity contribution < 1.29 is 0 Å². The third-order valence-corrected chi connectivity index (χ3v) is 2.36. The van der Waals surface area contributed by atoms with E-state index in [1.165, 1.54) is 12.8 Å². The van der Waals surface area contributed by atoms with E-state index in [4.69, 9.17) is 5.73 Å². The molecule has 0 aliphatic heterocycles. The molecule has 0 aromatic carbocycles. The van der Waals surface area contributed by atoms with Gasteiger partial charge in [0, 0.05) is 18.9 Å². The molecule has 10 heavy (non-hydrogen) atoms. The van der Waals surface area contributed by atoms with Crippen molar-refractivity contribution >= 4 is 0 Å². The summed E-state index contributed by atoms with van der Waals surface area (Å²) < 4.78 is 2.23. The molecule has 0 atom stereocenters. The van der Waals surface area contributed by atoms with Crippen LogP contribution in [0.15, 0.2) is 24.5 Å². The van der Waals surface area contributed by atoms with Crippen molar-refractivity contribution in [2.24, 2.45) is 5.73 Å². The van der Waals surface area contributed by atoms with Gasteiger partial charge in [-0.25, -0.2) is 0 Å². The first kappa shape index (κ1) is 5.98. The average Bonchev–Trinajstić information content (AvgIpc) is 2.58. The van der Waals surface area contributed by atoms with Crippen LogP contribution < -0.4 is 5.73 Å². The second kappa shape index (κ2) is 1.86. The lowest BCUT2D eigenvalue weighted by atomic mass is 10.3. The Morgan fingerprint density at radius 1 is 1.30 bits per heavy atom. The molecule has 0 bridgehead atoms. The number of hydrogen-bond acceptors (Lipinski definition) is 1. The molecule has 2 rings (SSSR count). The molecule has 0 spiro atoms. The van der Waals surface area contributed by atoms with Crippen LogP contribution in [0, 0.1) is 0 Å². The SMILES string of the molecule is NCC1(n2cccc2)CC1. The monoisotopic (exact) mass is 136 g/mol. The lowest BCUT2D eigenvalue weighted by molar-refractivity contribution is 0.495. The first-order valence-corrected chi connectivity index (χ1v) is 3.71. The van der Waals surface area contributed by atoms with Gasteiger partial charge in [-0.2, -0.15) is 0 Å². The number of rotatable bonds is 2. The maximum Gasteiger partial charge on any atom is 0.0563 e. The van der Waals surface area contributed by atoms with Crippen LogP contribution in [0.5, 0.6) is 0 Å². The molecule has 1 aromatic heterocycles. The lowest BCUT2D eigenvalue weighted by Crippen LogP contribution is -2.25. The number of nitrogens with zero attached hydrogens (tertiary/aromatic N) is 1. The van der Waals surface area contributed by atoms with Gasteiger partial charge < -0.3 is 10.3 Å². The normalized spacial score (nSPS) is 20.9. The predicted octanol–water partition coefficient (Wildman–Crippen LogP) is 0.936. The molecule has 1 fully saturated rings. The summed E-state index contributed by atoms with van der Waals surface area (Å²) in [5.74, 6) is 0. The largest absolute Gasteiger partial charge is 0.347 e. The van der Waals surface area contributed by atoms with Gasteiger partial charge >= 0.3 is 0 Å². The van der Waals surface area contributed by atoms with Gasteiger partial charge in [-0.3, -0.25) is 0 Å². The molecule has 2 nitrogen and oxygen atoms in total. The van der Waals surface area contributed by atoms with Crippen molar-refractivity contribution in [3.05, 3.63) is 24.5 Å². The van der Waals surface area contributed by atoms with Gasteiger partial charge in [-0.1, -0.05) is 0 Å². The highest BCUT2D eigenvalue weighted by atomic mass is 15.1. The molecule has 2 N–H and O–H groups in total. The summed E-state index contributed by atoms with van der Waals surface area (Å²) in [5, 5.41) is 0. The Bertz CT molecular complexity index is 209. The Kier molecular flexibility index (Phi) is 1.11. The summed E-state index contributed by atoms with van der Waals surface area (Å²) in [7, 11) is 0. The van der Waals surface area contributed by atoms with Crippen molar-refractivity contribution in [1.29, 1.82) is 0 Å². The summed E-state index contributed by atoms with van der Waals surface area (Å²) in [6.45, 7) is 0.779. The minimum atomic E-state index is 0.309. The van der Waals surface area contributed by atoms with Gasteiger partial charge in [-0.15, -0.1) is 0 Å². The van der Waals surface area contributed by atoms with Crippen molar-refractivity contribution in [3.63, 3.8) is 0 Å². The zero-order chi connectivity index (χ0) is 7.03. The fraction of sp³-hybridized carbons (Fsp3) is 0.500. The Balaban J connectivity index is 2.27. The molecule has 1 aliphatic rings. The maximum atomic E-state index is 5.64. The highest BCUT2D eigenvalue weighted by molar-refractivity contribution is 5.06. The number of hydrogen-bond donors (Lipinski definition) is 1. The van der Waals surface area contributed by atoms with Gasteiger partial charge in [0.25, 0.3) is 0 Å². The minimum absolute atomic E-state index is 0.309. The predicted molar refractivity (Wildman–Crippen MR) is 40.7 cm³/mol. The van der Waals surface area contributed by atoms with Crippen molar-refractivity contribution in [2.45, 2.75) is 18.4 Å². The molecule has 0 saturated heterocycles. The zero-order valence-corrected chi connectivity index (χ0v) is 5.96. The van der Waals surface area contributed by atoms with E-state index in [1.807, 2.05) is 0 Å². The molecule has 1 aromatic rings. The molecule has 1 saturated carbocycles. The van der Waals surface area contributed by atoms with E-state index in [0.717, 1.165) is 6.54 Å². The first-order valence-electron chi connectivity index (χ1n) is 3.71. The topological polar surface area (TPSA) is 30.9 Å². The number of aromatic nitrogens is 1. The summed E-state index contributed by atoms with van der Waals surface area (Å²) in [6, 6.07) is 4.10. The van der Waals surface area contributed by atoms with Crippen LogP contribution in [0.25, 0.3) is 0 Å². The Morgan fingerprint density at radius 2 is 1.90 bits per heavy atom. The minimum Gasteiger partial charge on any atom is -0.347 e. The average molecular weight is 136 g/mol. The van der Waals surface area contributed by atoms with E-state index in [9.17, 15) is 0 Å². The summed E-state index contributed by atoms with van der Waals surface area (Å²) in [6.07, 6.45) is 6.69. The van der Waals surface area contributed by atoms with Gasteiger partial charge in [-0.05, 0) is 25.0 Å².